The first kappa shape index (κ1) is 17.3. The highest BCUT2D eigenvalue weighted by molar-refractivity contribution is 6.30. The van der Waals surface area contributed by atoms with E-state index < -0.39 is 0 Å². The van der Waals surface area contributed by atoms with Crippen LogP contribution in [-0.2, 0) is 0 Å². The topological polar surface area (TPSA) is 59.3 Å². The fourth-order valence-corrected chi connectivity index (χ4v) is 3.38. The number of fused-ring (bicyclic) bond motifs is 1. The van der Waals surface area contributed by atoms with Crippen LogP contribution >= 0.6 is 11.6 Å². The van der Waals surface area contributed by atoms with Gasteiger partial charge in [0.15, 0.2) is 0 Å². The summed E-state index contributed by atoms with van der Waals surface area (Å²) in [6, 6.07) is 20.9. The lowest BCUT2D eigenvalue weighted by Crippen LogP contribution is -2.19. The lowest BCUT2D eigenvalue weighted by molar-refractivity contribution is -0.361. The number of phenolic OH excluding ortho intramolecular Hbond substituents is 1. The second-order valence-electron chi connectivity index (χ2n) is 6.44. The Kier molecular flexibility index (Phi) is 4.65. The molecule has 2 aromatic heterocycles. The van der Waals surface area contributed by atoms with Gasteiger partial charge in [-0.2, -0.15) is 0 Å². The minimum absolute atomic E-state index is 0.171. The number of halogens is 1. The second-order valence-corrected chi connectivity index (χ2v) is 6.87. The number of rotatable bonds is 4. The largest absolute Gasteiger partial charge is 0.505 e. The van der Waals surface area contributed by atoms with Crippen molar-refractivity contribution < 1.29 is 10.1 Å². The molecule has 5 heteroatoms. The number of hydrogen-bond acceptors (Lipinski definition) is 3. The molecule has 134 valence electrons. The Labute approximate surface area is 162 Å². The highest BCUT2D eigenvalue weighted by Crippen LogP contribution is 2.36. The fraction of sp³-hybridized carbons (Fsp3) is 0.0909. The standard InChI is InChI=1S/C22H18ClN3O/c1-14-8-9-15-10-11-18(22(27)21(15)25-14)20(16-5-4-6-17(23)13-16)26-19-7-2-3-12-24-19/h2-13,20,27H,1H3,(H,24,26)/p+1/t20-/m0/s1. The van der Waals surface area contributed by atoms with Crippen LogP contribution in [0.15, 0.2) is 72.9 Å². The molecule has 0 aliphatic rings. The molecule has 4 aromatic rings. The van der Waals surface area contributed by atoms with Crippen LogP contribution in [-0.4, -0.2) is 10.1 Å². The maximum atomic E-state index is 11.0. The Bertz CT molecular complexity index is 1100. The van der Waals surface area contributed by atoms with E-state index in [2.05, 4.69) is 15.3 Å². The number of anilines is 1. The summed E-state index contributed by atoms with van der Waals surface area (Å²) in [4.78, 5) is 7.70. The van der Waals surface area contributed by atoms with Crippen LogP contribution in [0, 0.1) is 6.92 Å². The van der Waals surface area contributed by atoms with Crippen LogP contribution in [0.4, 0.5) is 5.82 Å². The average molecular weight is 377 g/mol. The van der Waals surface area contributed by atoms with E-state index in [0.717, 1.165) is 28.0 Å². The zero-order valence-electron chi connectivity index (χ0n) is 14.8. The van der Waals surface area contributed by atoms with Gasteiger partial charge in [0.25, 0.3) is 5.82 Å². The molecule has 0 bridgehead atoms. The van der Waals surface area contributed by atoms with Crippen molar-refractivity contribution in [3.05, 3.63) is 94.8 Å². The van der Waals surface area contributed by atoms with Gasteiger partial charge >= 0.3 is 0 Å². The van der Waals surface area contributed by atoms with Gasteiger partial charge in [-0.1, -0.05) is 41.9 Å². The molecule has 0 unspecified atom stereocenters. The first-order valence-corrected chi connectivity index (χ1v) is 9.07. The number of aromatic hydroxyl groups is 1. The molecule has 27 heavy (non-hydrogen) atoms. The zero-order chi connectivity index (χ0) is 18.8. The molecular formula is C22H19ClN3O+. The number of benzene rings is 2. The van der Waals surface area contributed by atoms with Crippen molar-refractivity contribution in [2.24, 2.45) is 0 Å². The fourth-order valence-electron chi connectivity index (χ4n) is 3.19. The van der Waals surface area contributed by atoms with E-state index in [1.54, 1.807) is 0 Å². The van der Waals surface area contributed by atoms with Crippen LogP contribution in [0.2, 0.25) is 5.02 Å². The summed E-state index contributed by atoms with van der Waals surface area (Å²) in [5, 5.41) is 16.0. The Balaban J connectivity index is 1.87. The number of aromatic nitrogens is 2. The first-order valence-electron chi connectivity index (χ1n) is 8.70. The summed E-state index contributed by atoms with van der Waals surface area (Å²) in [5.74, 6) is 1.00. The monoisotopic (exact) mass is 376 g/mol. The molecule has 0 radical (unpaired) electrons. The predicted molar refractivity (Wildman–Crippen MR) is 108 cm³/mol. The minimum atomic E-state index is -0.297. The molecule has 2 heterocycles. The molecule has 2 aromatic carbocycles. The third-order valence-corrected chi connectivity index (χ3v) is 4.74. The number of nitrogens with one attached hydrogen (secondary N) is 2. The minimum Gasteiger partial charge on any atom is -0.505 e. The summed E-state index contributed by atoms with van der Waals surface area (Å²) in [6.07, 6.45) is 1.85. The number of aryl methyl sites for hydroxylation is 1. The Morgan fingerprint density at radius 2 is 1.89 bits per heavy atom. The SMILES string of the molecule is Cc1ccc2ccc([C@@H](Nc3cccc[nH+]3)c3cccc(Cl)c3)c(O)c2n1. The van der Waals surface area contributed by atoms with E-state index in [0.29, 0.717) is 10.5 Å². The summed E-state index contributed by atoms with van der Waals surface area (Å²) >= 11 is 6.22. The number of pyridine rings is 2. The van der Waals surface area contributed by atoms with Crippen molar-refractivity contribution in [1.29, 1.82) is 0 Å². The highest BCUT2D eigenvalue weighted by Gasteiger charge is 2.24. The highest BCUT2D eigenvalue weighted by atomic mass is 35.5. The molecule has 0 fully saturated rings. The molecule has 0 spiro atoms. The van der Waals surface area contributed by atoms with E-state index in [1.165, 1.54) is 0 Å². The Hall–Kier alpha value is -3.11. The lowest BCUT2D eigenvalue weighted by Gasteiger charge is -2.18. The van der Waals surface area contributed by atoms with Crippen LogP contribution in [0.1, 0.15) is 22.9 Å². The smallest absolute Gasteiger partial charge is 0.272 e. The summed E-state index contributed by atoms with van der Waals surface area (Å²) in [7, 11) is 0. The number of H-pyrrole nitrogens is 1. The molecule has 0 aliphatic carbocycles. The lowest BCUT2D eigenvalue weighted by atomic mass is 9.96. The van der Waals surface area contributed by atoms with Crippen molar-refractivity contribution in [3.63, 3.8) is 0 Å². The summed E-state index contributed by atoms with van der Waals surface area (Å²) in [6.45, 7) is 1.91. The van der Waals surface area contributed by atoms with E-state index in [4.69, 9.17) is 11.6 Å². The summed E-state index contributed by atoms with van der Waals surface area (Å²) < 4.78 is 0. The van der Waals surface area contributed by atoms with E-state index in [-0.39, 0.29) is 11.8 Å². The van der Waals surface area contributed by atoms with Gasteiger partial charge < -0.3 is 5.11 Å². The molecule has 4 nitrogen and oxygen atoms in total. The van der Waals surface area contributed by atoms with E-state index in [9.17, 15) is 5.11 Å². The third kappa shape index (κ3) is 3.57. The van der Waals surface area contributed by atoms with Gasteiger partial charge in [-0.15, -0.1) is 0 Å². The quantitative estimate of drug-likeness (QED) is 0.531. The molecule has 1 atom stereocenters. The van der Waals surface area contributed by atoms with Crippen molar-refractivity contribution >= 4 is 28.3 Å². The normalized spacial score (nSPS) is 12.1. The maximum Gasteiger partial charge on any atom is 0.272 e. The molecule has 0 amide bonds. The number of aromatic amines is 1. The van der Waals surface area contributed by atoms with Crippen LogP contribution < -0.4 is 10.3 Å². The van der Waals surface area contributed by atoms with Gasteiger partial charge in [0.1, 0.15) is 17.3 Å². The predicted octanol–water partition coefficient (Wildman–Crippen LogP) is 4.92. The van der Waals surface area contributed by atoms with Gasteiger partial charge in [-0.3, -0.25) is 5.32 Å². The van der Waals surface area contributed by atoms with Gasteiger partial charge in [0, 0.05) is 33.3 Å². The first-order chi connectivity index (χ1) is 13.1. The summed E-state index contributed by atoms with van der Waals surface area (Å²) in [5.41, 5.74) is 3.14. The van der Waals surface area contributed by atoms with Crippen LogP contribution in [0.5, 0.6) is 5.75 Å². The van der Waals surface area contributed by atoms with Gasteiger partial charge in [-0.25, -0.2) is 9.97 Å². The van der Waals surface area contributed by atoms with Crippen LogP contribution in [0.3, 0.4) is 0 Å². The third-order valence-electron chi connectivity index (χ3n) is 4.51. The molecule has 4 rings (SSSR count). The van der Waals surface area contributed by atoms with Gasteiger partial charge in [-0.05, 0) is 37.3 Å². The van der Waals surface area contributed by atoms with Crippen molar-refractivity contribution in [2.75, 3.05) is 5.32 Å². The zero-order valence-corrected chi connectivity index (χ0v) is 15.5. The van der Waals surface area contributed by atoms with E-state index in [1.807, 2.05) is 79.9 Å². The van der Waals surface area contributed by atoms with E-state index >= 15 is 0 Å². The van der Waals surface area contributed by atoms with Crippen molar-refractivity contribution in [3.8, 4) is 5.75 Å². The molecular weight excluding hydrogens is 358 g/mol. The molecule has 0 aliphatic heterocycles. The van der Waals surface area contributed by atoms with Crippen molar-refractivity contribution in [1.82, 2.24) is 4.98 Å². The van der Waals surface area contributed by atoms with Gasteiger partial charge in [0.05, 0.1) is 6.20 Å². The van der Waals surface area contributed by atoms with Crippen LogP contribution in [0.25, 0.3) is 10.9 Å². The molecule has 3 N–H and O–H groups in total. The number of nitrogens with zero attached hydrogens (tertiary/aromatic N) is 1. The van der Waals surface area contributed by atoms with Gasteiger partial charge in [0.2, 0.25) is 0 Å². The molecule has 0 saturated heterocycles. The maximum absolute atomic E-state index is 11.0. The van der Waals surface area contributed by atoms with Crippen molar-refractivity contribution in [2.45, 2.75) is 13.0 Å². The number of hydrogen-bond donors (Lipinski definition) is 2. The number of phenols is 1. The Morgan fingerprint density at radius 3 is 2.67 bits per heavy atom. The second kappa shape index (κ2) is 7.25. The Morgan fingerprint density at radius 1 is 1.04 bits per heavy atom. The molecule has 0 saturated carbocycles. The average Bonchev–Trinajstić information content (AvgIpc) is 2.68.